The Balaban J connectivity index is 1.96. The summed E-state index contributed by atoms with van der Waals surface area (Å²) in [6.07, 6.45) is 2.18. The number of likely N-dealkylation sites (tertiary alicyclic amines) is 1. The van der Waals surface area contributed by atoms with E-state index in [1.165, 1.54) is 0 Å². The van der Waals surface area contributed by atoms with E-state index in [1.807, 2.05) is 4.90 Å². The molecule has 4 heteroatoms. The maximum Gasteiger partial charge on any atom is 0.229 e. The van der Waals surface area contributed by atoms with Crippen LogP contribution in [0.3, 0.4) is 0 Å². The molecule has 0 aliphatic carbocycles. The van der Waals surface area contributed by atoms with Crippen LogP contribution < -0.4 is 5.32 Å². The zero-order valence-electron chi connectivity index (χ0n) is 9.58. The van der Waals surface area contributed by atoms with Crippen molar-refractivity contribution in [3.8, 4) is 0 Å². The molecule has 1 amide bonds. The molecule has 0 aromatic heterocycles. The molecule has 1 unspecified atom stereocenters. The van der Waals surface area contributed by atoms with Crippen molar-refractivity contribution in [3.63, 3.8) is 0 Å². The van der Waals surface area contributed by atoms with Gasteiger partial charge in [0.25, 0.3) is 0 Å². The molecule has 0 spiro atoms. The van der Waals surface area contributed by atoms with Gasteiger partial charge in [0.1, 0.15) is 0 Å². The molecule has 0 radical (unpaired) electrons. The first kappa shape index (κ1) is 10.9. The van der Waals surface area contributed by atoms with Gasteiger partial charge in [-0.15, -0.1) is 0 Å². The third-order valence-electron chi connectivity index (χ3n) is 3.65. The number of hydrogen-bond acceptors (Lipinski definition) is 3. The molecule has 86 valence electrons. The van der Waals surface area contributed by atoms with E-state index in [0.29, 0.717) is 5.91 Å². The van der Waals surface area contributed by atoms with E-state index in [0.717, 1.165) is 39.0 Å². The van der Waals surface area contributed by atoms with Gasteiger partial charge in [0, 0.05) is 26.7 Å². The topological polar surface area (TPSA) is 41.6 Å². The summed E-state index contributed by atoms with van der Waals surface area (Å²) in [6, 6.07) is 0. The number of nitrogens with one attached hydrogen (secondary N) is 1. The molecule has 2 fully saturated rings. The summed E-state index contributed by atoms with van der Waals surface area (Å²) in [5.41, 5.74) is -0.178. The lowest BCUT2D eigenvalue weighted by molar-refractivity contribution is -0.139. The van der Waals surface area contributed by atoms with Crippen molar-refractivity contribution in [2.75, 3.05) is 33.3 Å². The summed E-state index contributed by atoms with van der Waals surface area (Å²) in [7, 11) is 1.72. The summed E-state index contributed by atoms with van der Waals surface area (Å²) >= 11 is 0. The quantitative estimate of drug-likeness (QED) is 0.712. The van der Waals surface area contributed by atoms with Crippen LogP contribution in [0.5, 0.6) is 0 Å². The Hall–Kier alpha value is -0.610. The van der Waals surface area contributed by atoms with Crippen LogP contribution in [-0.2, 0) is 9.53 Å². The van der Waals surface area contributed by atoms with E-state index in [-0.39, 0.29) is 11.5 Å². The largest absolute Gasteiger partial charge is 0.380 e. The first-order valence-electron chi connectivity index (χ1n) is 5.68. The molecule has 2 heterocycles. The minimum absolute atomic E-state index is 0.178. The number of methoxy groups -OCH3 is 1. The predicted molar refractivity (Wildman–Crippen MR) is 57.6 cm³/mol. The molecule has 2 aliphatic rings. The molecule has 0 aromatic rings. The van der Waals surface area contributed by atoms with Crippen LogP contribution in [0.2, 0.25) is 0 Å². The lowest BCUT2D eigenvalue weighted by atomic mass is 9.88. The zero-order chi connectivity index (χ0) is 10.9. The normalized spacial score (nSPS) is 36.1. The van der Waals surface area contributed by atoms with Crippen molar-refractivity contribution in [3.05, 3.63) is 0 Å². The fourth-order valence-corrected chi connectivity index (χ4v) is 2.49. The molecule has 2 atom stereocenters. The minimum Gasteiger partial charge on any atom is -0.380 e. The Morgan fingerprint density at radius 1 is 1.60 bits per heavy atom. The maximum atomic E-state index is 12.3. The van der Waals surface area contributed by atoms with E-state index in [1.54, 1.807) is 7.11 Å². The molecule has 0 saturated carbocycles. The lowest BCUT2D eigenvalue weighted by Gasteiger charge is -2.28. The van der Waals surface area contributed by atoms with Gasteiger partial charge in [-0.3, -0.25) is 4.79 Å². The van der Waals surface area contributed by atoms with Gasteiger partial charge in [-0.05, 0) is 26.3 Å². The number of ether oxygens (including phenoxy) is 1. The zero-order valence-corrected chi connectivity index (χ0v) is 9.58. The SMILES string of the molecule is CO[C@H]1CCN(C(=O)C2(C)CCNC2)C1. The van der Waals surface area contributed by atoms with Gasteiger partial charge < -0.3 is 15.0 Å². The van der Waals surface area contributed by atoms with E-state index in [9.17, 15) is 4.79 Å². The van der Waals surface area contributed by atoms with Gasteiger partial charge in [-0.1, -0.05) is 0 Å². The maximum absolute atomic E-state index is 12.3. The highest BCUT2D eigenvalue weighted by Crippen LogP contribution is 2.29. The number of amides is 1. The summed E-state index contributed by atoms with van der Waals surface area (Å²) < 4.78 is 5.28. The number of rotatable bonds is 2. The minimum atomic E-state index is -0.178. The second kappa shape index (κ2) is 4.10. The Morgan fingerprint density at radius 2 is 2.40 bits per heavy atom. The highest BCUT2D eigenvalue weighted by molar-refractivity contribution is 5.83. The highest BCUT2D eigenvalue weighted by Gasteiger charge is 2.41. The van der Waals surface area contributed by atoms with Gasteiger partial charge in [0.15, 0.2) is 0 Å². The van der Waals surface area contributed by atoms with Crippen LogP contribution in [0.25, 0.3) is 0 Å². The van der Waals surface area contributed by atoms with Gasteiger partial charge >= 0.3 is 0 Å². The molecule has 2 saturated heterocycles. The second-order valence-electron chi connectivity index (χ2n) is 4.88. The number of carbonyl (C=O) groups is 1. The van der Waals surface area contributed by atoms with Crippen molar-refractivity contribution >= 4 is 5.91 Å². The molecule has 2 rings (SSSR count). The van der Waals surface area contributed by atoms with Crippen molar-refractivity contribution in [2.45, 2.75) is 25.9 Å². The van der Waals surface area contributed by atoms with E-state index in [4.69, 9.17) is 4.74 Å². The number of nitrogens with zero attached hydrogens (tertiary/aromatic N) is 1. The summed E-state index contributed by atoms with van der Waals surface area (Å²) in [4.78, 5) is 14.2. The average Bonchev–Trinajstić information content (AvgIpc) is 2.85. The molecule has 15 heavy (non-hydrogen) atoms. The average molecular weight is 212 g/mol. The van der Waals surface area contributed by atoms with Crippen molar-refractivity contribution in [1.29, 1.82) is 0 Å². The van der Waals surface area contributed by atoms with Crippen LogP contribution in [-0.4, -0.2) is 50.2 Å². The fraction of sp³-hybridized carbons (Fsp3) is 0.909. The Bertz CT molecular complexity index is 249. The molecular weight excluding hydrogens is 192 g/mol. The first-order valence-corrected chi connectivity index (χ1v) is 5.68. The lowest BCUT2D eigenvalue weighted by Crippen LogP contribution is -2.42. The van der Waals surface area contributed by atoms with Crippen LogP contribution in [0.15, 0.2) is 0 Å². The standard InChI is InChI=1S/C11H20N2O2/c1-11(4-5-12-8-11)10(14)13-6-3-9(7-13)15-2/h9,12H,3-8H2,1-2H3/t9-,11?/m0/s1. The van der Waals surface area contributed by atoms with Crippen LogP contribution in [0, 0.1) is 5.41 Å². The van der Waals surface area contributed by atoms with E-state index in [2.05, 4.69) is 12.2 Å². The molecular formula is C11H20N2O2. The number of carbonyl (C=O) groups excluding carboxylic acids is 1. The first-order chi connectivity index (χ1) is 7.15. The van der Waals surface area contributed by atoms with Crippen molar-refractivity contribution < 1.29 is 9.53 Å². The smallest absolute Gasteiger partial charge is 0.229 e. The third-order valence-corrected chi connectivity index (χ3v) is 3.65. The highest BCUT2D eigenvalue weighted by atomic mass is 16.5. The van der Waals surface area contributed by atoms with Gasteiger partial charge in [-0.25, -0.2) is 0 Å². The summed E-state index contributed by atoms with van der Waals surface area (Å²) in [5.74, 6) is 0.298. The predicted octanol–water partition coefficient (Wildman–Crippen LogP) is 0.233. The van der Waals surface area contributed by atoms with E-state index < -0.39 is 0 Å². The van der Waals surface area contributed by atoms with Crippen molar-refractivity contribution in [1.82, 2.24) is 10.2 Å². The summed E-state index contributed by atoms with van der Waals surface area (Å²) in [5, 5.41) is 3.26. The van der Waals surface area contributed by atoms with Crippen LogP contribution in [0.1, 0.15) is 19.8 Å². The monoisotopic (exact) mass is 212 g/mol. The second-order valence-corrected chi connectivity index (χ2v) is 4.88. The Labute approximate surface area is 91.0 Å². The molecule has 0 bridgehead atoms. The molecule has 1 N–H and O–H groups in total. The fourth-order valence-electron chi connectivity index (χ4n) is 2.49. The summed E-state index contributed by atoms with van der Waals surface area (Å²) in [6.45, 7) is 5.47. The van der Waals surface area contributed by atoms with Crippen LogP contribution in [0.4, 0.5) is 0 Å². The van der Waals surface area contributed by atoms with Gasteiger partial charge in [-0.2, -0.15) is 0 Å². The van der Waals surface area contributed by atoms with E-state index >= 15 is 0 Å². The molecule has 0 aromatic carbocycles. The van der Waals surface area contributed by atoms with Crippen LogP contribution >= 0.6 is 0 Å². The van der Waals surface area contributed by atoms with Gasteiger partial charge in [0.2, 0.25) is 5.91 Å². The molecule has 4 nitrogen and oxygen atoms in total. The van der Waals surface area contributed by atoms with Gasteiger partial charge in [0.05, 0.1) is 11.5 Å². The van der Waals surface area contributed by atoms with Crippen molar-refractivity contribution in [2.24, 2.45) is 5.41 Å². The molecule has 2 aliphatic heterocycles. The number of hydrogen-bond donors (Lipinski definition) is 1. The Morgan fingerprint density at radius 3 is 2.93 bits per heavy atom. The Kier molecular flexibility index (Phi) is 2.98. The third kappa shape index (κ3) is 2.01.